The Balaban J connectivity index is 4.39. The predicted molar refractivity (Wildman–Crippen MR) is 265 cm³/mol. The summed E-state index contributed by atoms with van der Waals surface area (Å²) in [6, 6.07) is 0. The molecule has 6 nitrogen and oxygen atoms in total. The lowest BCUT2D eigenvalue weighted by atomic mass is 10.1. The van der Waals surface area contributed by atoms with Crippen LogP contribution >= 0.6 is 0 Å². The minimum absolute atomic E-state index is 0.0933. The number of carbonyl (C=O) groups excluding carboxylic acids is 3. The molecule has 0 N–H and O–H groups in total. The zero-order valence-corrected chi connectivity index (χ0v) is 40.4. The van der Waals surface area contributed by atoms with E-state index in [2.05, 4.69) is 106 Å². The maximum absolute atomic E-state index is 12.8. The average Bonchev–Trinajstić information content (AvgIpc) is 3.27. The molecule has 0 heterocycles. The largest absolute Gasteiger partial charge is 0.462 e. The van der Waals surface area contributed by atoms with Gasteiger partial charge in [0.2, 0.25) is 0 Å². The molecule has 0 aliphatic carbocycles. The van der Waals surface area contributed by atoms with E-state index in [4.69, 9.17) is 14.2 Å². The van der Waals surface area contributed by atoms with E-state index >= 15 is 0 Å². The Morgan fingerprint density at radius 1 is 0.339 bits per heavy atom. The summed E-state index contributed by atoms with van der Waals surface area (Å²) >= 11 is 0. The maximum Gasteiger partial charge on any atom is 0.306 e. The molecule has 0 amide bonds. The molecular formula is C56H94O6. The average molecular weight is 863 g/mol. The molecule has 0 aliphatic rings. The minimum Gasteiger partial charge on any atom is -0.462 e. The van der Waals surface area contributed by atoms with Crippen LogP contribution in [0.1, 0.15) is 233 Å². The third-order valence-electron chi connectivity index (χ3n) is 10.6. The van der Waals surface area contributed by atoms with E-state index in [1.54, 1.807) is 0 Å². The molecule has 1 atom stereocenters. The first kappa shape index (κ1) is 58.6. The van der Waals surface area contributed by atoms with Crippen molar-refractivity contribution in [3.8, 4) is 0 Å². The minimum atomic E-state index is -0.795. The normalized spacial score (nSPS) is 12.8. The SMILES string of the molecule is CC/C=C\C/C=C\C/C=C\C/C=C\C/C=C\C/C=C\CCCCC(=O)OCC(COC(=O)CCCCCCCCCC)OC(=O)CCCCCCC/C=C\CCCCCCCC. The topological polar surface area (TPSA) is 78.9 Å². The first-order valence-electron chi connectivity index (χ1n) is 25.6. The number of hydrogen-bond acceptors (Lipinski definition) is 6. The van der Waals surface area contributed by atoms with Crippen LogP contribution in [0.5, 0.6) is 0 Å². The first-order chi connectivity index (χ1) is 30.5. The smallest absolute Gasteiger partial charge is 0.306 e. The highest BCUT2D eigenvalue weighted by Gasteiger charge is 2.19. The van der Waals surface area contributed by atoms with Crippen molar-refractivity contribution >= 4 is 17.9 Å². The van der Waals surface area contributed by atoms with Gasteiger partial charge in [-0.15, -0.1) is 0 Å². The van der Waals surface area contributed by atoms with Crippen LogP contribution in [-0.4, -0.2) is 37.2 Å². The molecule has 0 fully saturated rings. The Hall–Kier alpha value is -3.41. The molecule has 1 unspecified atom stereocenters. The fourth-order valence-corrected chi connectivity index (χ4v) is 6.79. The van der Waals surface area contributed by atoms with Gasteiger partial charge in [-0.2, -0.15) is 0 Å². The summed E-state index contributed by atoms with van der Waals surface area (Å²) in [6.45, 7) is 6.44. The van der Waals surface area contributed by atoms with E-state index in [0.717, 1.165) is 109 Å². The predicted octanol–water partition coefficient (Wildman–Crippen LogP) is 16.8. The zero-order valence-electron chi connectivity index (χ0n) is 40.4. The van der Waals surface area contributed by atoms with Crippen LogP contribution < -0.4 is 0 Å². The molecule has 0 spiro atoms. The van der Waals surface area contributed by atoms with Gasteiger partial charge in [0.05, 0.1) is 0 Å². The van der Waals surface area contributed by atoms with Gasteiger partial charge in [-0.3, -0.25) is 14.4 Å². The molecule has 0 saturated heterocycles. The molecule has 0 bridgehead atoms. The lowest BCUT2D eigenvalue weighted by Crippen LogP contribution is -2.30. The zero-order chi connectivity index (χ0) is 45.1. The van der Waals surface area contributed by atoms with E-state index in [0.29, 0.717) is 19.3 Å². The van der Waals surface area contributed by atoms with Crippen LogP contribution in [0.4, 0.5) is 0 Å². The van der Waals surface area contributed by atoms with Crippen LogP contribution in [0.3, 0.4) is 0 Å². The van der Waals surface area contributed by atoms with Crippen LogP contribution in [0.25, 0.3) is 0 Å². The highest BCUT2D eigenvalue weighted by atomic mass is 16.6. The maximum atomic E-state index is 12.8. The molecule has 0 saturated carbocycles. The van der Waals surface area contributed by atoms with Crippen LogP contribution in [0.2, 0.25) is 0 Å². The van der Waals surface area contributed by atoms with Crippen molar-refractivity contribution in [3.63, 3.8) is 0 Å². The van der Waals surface area contributed by atoms with Gasteiger partial charge in [-0.1, -0.05) is 202 Å². The second-order valence-electron chi connectivity index (χ2n) is 16.7. The summed E-state index contributed by atoms with van der Waals surface area (Å²) in [5, 5.41) is 0. The summed E-state index contributed by atoms with van der Waals surface area (Å²) in [5.41, 5.74) is 0. The van der Waals surface area contributed by atoms with E-state index in [9.17, 15) is 14.4 Å². The lowest BCUT2D eigenvalue weighted by Gasteiger charge is -2.18. The Bertz CT molecular complexity index is 1220. The van der Waals surface area contributed by atoms with Gasteiger partial charge in [-0.25, -0.2) is 0 Å². The van der Waals surface area contributed by atoms with Crippen LogP contribution in [0.15, 0.2) is 85.1 Å². The Morgan fingerprint density at radius 2 is 0.629 bits per heavy atom. The second kappa shape index (κ2) is 50.2. The van der Waals surface area contributed by atoms with Gasteiger partial charge in [0.1, 0.15) is 13.2 Å². The van der Waals surface area contributed by atoms with Crippen molar-refractivity contribution in [1.29, 1.82) is 0 Å². The lowest BCUT2D eigenvalue weighted by molar-refractivity contribution is -0.167. The molecule has 0 aromatic rings. The molecule has 0 aliphatic heterocycles. The second-order valence-corrected chi connectivity index (χ2v) is 16.7. The Morgan fingerprint density at radius 3 is 1.03 bits per heavy atom. The number of esters is 3. The summed E-state index contributed by atoms with van der Waals surface area (Å²) in [4.78, 5) is 37.8. The quantitative estimate of drug-likeness (QED) is 0.0263. The van der Waals surface area contributed by atoms with Crippen molar-refractivity contribution in [2.45, 2.75) is 239 Å². The Kier molecular flexibility index (Phi) is 47.5. The summed E-state index contributed by atoms with van der Waals surface area (Å²) in [5.74, 6) is -0.953. The number of ether oxygens (including phenoxy) is 3. The van der Waals surface area contributed by atoms with E-state index in [-0.39, 0.29) is 31.1 Å². The van der Waals surface area contributed by atoms with E-state index in [1.807, 2.05) is 0 Å². The number of allylic oxidation sites excluding steroid dienone is 14. The number of unbranched alkanes of at least 4 members (excludes halogenated alkanes) is 20. The van der Waals surface area contributed by atoms with Crippen molar-refractivity contribution in [2.24, 2.45) is 0 Å². The van der Waals surface area contributed by atoms with Gasteiger partial charge in [0.15, 0.2) is 6.10 Å². The van der Waals surface area contributed by atoms with Gasteiger partial charge in [-0.05, 0) is 96.3 Å². The fraction of sp³-hybridized carbons (Fsp3) is 0.696. The summed E-state index contributed by atoms with van der Waals surface area (Å²) in [7, 11) is 0. The molecule has 0 radical (unpaired) electrons. The standard InChI is InChI=1S/C56H94O6/c1-4-7-10-13-16-19-21-23-25-26-27-28-29-30-32-33-35-37-40-43-46-49-55(58)61-52-53(51-60-54(57)48-45-42-39-18-15-12-9-6-3)62-56(59)50-47-44-41-38-36-34-31-24-22-20-17-14-11-8-5-2/h7,10,16,19,23-25,27-28,30-32,35,37,53H,4-6,8-9,11-15,17-18,20-22,26,29,33-34,36,38-52H2,1-3H3/b10-7-,19-16-,25-23-,28-27-,31-24-,32-30-,37-35-. The first-order valence-corrected chi connectivity index (χ1v) is 25.6. The van der Waals surface area contributed by atoms with E-state index in [1.165, 1.54) is 83.5 Å². The molecular weight excluding hydrogens is 769 g/mol. The van der Waals surface area contributed by atoms with E-state index < -0.39 is 6.10 Å². The fourth-order valence-electron chi connectivity index (χ4n) is 6.79. The van der Waals surface area contributed by atoms with Gasteiger partial charge >= 0.3 is 17.9 Å². The van der Waals surface area contributed by atoms with Crippen molar-refractivity contribution in [1.82, 2.24) is 0 Å². The third kappa shape index (κ3) is 47.6. The summed E-state index contributed by atoms with van der Waals surface area (Å²) < 4.78 is 16.7. The van der Waals surface area contributed by atoms with Crippen LogP contribution in [-0.2, 0) is 28.6 Å². The van der Waals surface area contributed by atoms with Gasteiger partial charge in [0.25, 0.3) is 0 Å². The molecule has 0 aromatic heterocycles. The highest BCUT2D eigenvalue weighted by Crippen LogP contribution is 2.13. The van der Waals surface area contributed by atoms with Crippen molar-refractivity contribution in [3.05, 3.63) is 85.1 Å². The van der Waals surface area contributed by atoms with Crippen molar-refractivity contribution < 1.29 is 28.6 Å². The monoisotopic (exact) mass is 863 g/mol. The van der Waals surface area contributed by atoms with Gasteiger partial charge < -0.3 is 14.2 Å². The number of hydrogen-bond donors (Lipinski definition) is 0. The number of rotatable bonds is 45. The molecule has 354 valence electrons. The van der Waals surface area contributed by atoms with Crippen LogP contribution in [0, 0.1) is 0 Å². The molecule has 6 heteroatoms. The molecule has 62 heavy (non-hydrogen) atoms. The molecule has 0 rings (SSSR count). The van der Waals surface area contributed by atoms with Gasteiger partial charge in [0, 0.05) is 19.3 Å². The Labute approximate surface area is 382 Å². The molecule has 0 aromatic carbocycles. The summed E-state index contributed by atoms with van der Waals surface area (Å²) in [6.07, 6.45) is 64.3. The number of carbonyl (C=O) groups is 3. The van der Waals surface area contributed by atoms with Crippen molar-refractivity contribution in [2.75, 3.05) is 13.2 Å². The highest BCUT2D eigenvalue weighted by molar-refractivity contribution is 5.71. The third-order valence-corrected chi connectivity index (χ3v) is 10.6.